The molecule has 3 aromatic heterocycles. The number of imidazole rings is 1. The molecular weight excluding hydrogens is 254 g/mol. The van der Waals surface area contributed by atoms with Gasteiger partial charge in [0.1, 0.15) is 4.83 Å². The monoisotopic (exact) mass is 265 g/mol. The number of hydrogen-bond acceptors (Lipinski definition) is 4. The van der Waals surface area contributed by atoms with Crippen molar-refractivity contribution in [3.05, 3.63) is 22.5 Å². The van der Waals surface area contributed by atoms with Crippen molar-refractivity contribution in [3.63, 3.8) is 0 Å². The molecule has 0 bridgehead atoms. The summed E-state index contributed by atoms with van der Waals surface area (Å²) in [5.41, 5.74) is 1.01. The summed E-state index contributed by atoms with van der Waals surface area (Å²) in [7, 11) is 0. The number of amides is 1. The zero-order chi connectivity index (χ0) is 12.0. The van der Waals surface area contributed by atoms with Crippen LogP contribution < -0.4 is 5.32 Å². The van der Waals surface area contributed by atoms with Crippen molar-refractivity contribution in [2.75, 3.05) is 0 Å². The lowest BCUT2D eigenvalue weighted by atomic mass is 10.3. The number of carbonyl (C=O) groups is 1. The number of hydrogen-bond donors (Lipinski definition) is 1. The van der Waals surface area contributed by atoms with E-state index in [0.717, 1.165) is 20.2 Å². The number of thiazole rings is 1. The van der Waals surface area contributed by atoms with Gasteiger partial charge in [-0.3, -0.25) is 9.20 Å². The van der Waals surface area contributed by atoms with E-state index in [0.29, 0.717) is 0 Å². The van der Waals surface area contributed by atoms with Crippen molar-refractivity contribution in [1.82, 2.24) is 14.7 Å². The van der Waals surface area contributed by atoms with Crippen molar-refractivity contribution in [3.8, 4) is 0 Å². The van der Waals surface area contributed by atoms with Crippen molar-refractivity contribution in [2.45, 2.75) is 19.9 Å². The summed E-state index contributed by atoms with van der Waals surface area (Å²) in [6.45, 7) is 3.91. The molecular formula is C11H11N3OS2. The highest BCUT2D eigenvalue weighted by atomic mass is 32.1. The largest absolute Gasteiger partial charge is 0.349 e. The predicted molar refractivity (Wildman–Crippen MR) is 71.1 cm³/mol. The summed E-state index contributed by atoms with van der Waals surface area (Å²) in [6.07, 6.45) is 1.98. The minimum Gasteiger partial charge on any atom is -0.349 e. The van der Waals surface area contributed by atoms with Crippen LogP contribution in [0, 0.1) is 0 Å². The summed E-state index contributed by atoms with van der Waals surface area (Å²) in [6, 6.07) is 2.06. The Kier molecular flexibility index (Phi) is 2.41. The fraction of sp³-hybridized carbons (Fsp3) is 0.273. The topological polar surface area (TPSA) is 46.4 Å². The summed E-state index contributed by atoms with van der Waals surface area (Å²) < 4.78 is 2.02. The molecule has 0 fully saturated rings. The van der Waals surface area contributed by atoms with Gasteiger partial charge in [-0.1, -0.05) is 0 Å². The molecule has 0 radical (unpaired) electrons. The van der Waals surface area contributed by atoms with Crippen LogP contribution in [0.1, 0.15) is 23.5 Å². The standard InChI is InChI=1S/C11H11N3OS2/c1-6(2)12-9(15)8-5-7-10(17-8)13-11-14(7)3-4-16-11/h3-6H,1-2H3,(H,12,15). The molecule has 3 heterocycles. The first-order chi connectivity index (χ1) is 8.15. The molecule has 0 saturated carbocycles. The fourth-order valence-corrected chi connectivity index (χ4v) is 3.40. The maximum absolute atomic E-state index is 11.9. The molecule has 1 N–H and O–H groups in total. The molecule has 6 heteroatoms. The Balaban J connectivity index is 2.06. The van der Waals surface area contributed by atoms with Crippen LogP contribution in [0.25, 0.3) is 15.3 Å². The first kappa shape index (κ1) is 10.7. The zero-order valence-electron chi connectivity index (χ0n) is 9.43. The summed E-state index contributed by atoms with van der Waals surface area (Å²) in [5, 5.41) is 4.88. The molecule has 1 amide bonds. The van der Waals surface area contributed by atoms with Gasteiger partial charge in [-0.15, -0.1) is 22.7 Å². The number of rotatable bonds is 2. The lowest BCUT2D eigenvalue weighted by Gasteiger charge is -2.05. The van der Waals surface area contributed by atoms with Crippen molar-refractivity contribution >= 4 is 43.9 Å². The Morgan fingerprint density at radius 3 is 3.12 bits per heavy atom. The van der Waals surface area contributed by atoms with E-state index in [9.17, 15) is 4.79 Å². The number of fused-ring (bicyclic) bond motifs is 3. The molecule has 0 unspecified atom stereocenters. The van der Waals surface area contributed by atoms with Crippen LogP contribution in [0.15, 0.2) is 17.6 Å². The molecule has 0 atom stereocenters. The molecule has 0 spiro atoms. The van der Waals surface area contributed by atoms with Gasteiger partial charge in [-0.05, 0) is 19.9 Å². The Morgan fingerprint density at radius 1 is 1.53 bits per heavy atom. The summed E-state index contributed by atoms with van der Waals surface area (Å²) in [4.78, 5) is 19.0. The third-order valence-electron chi connectivity index (χ3n) is 2.38. The molecule has 17 heavy (non-hydrogen) atoms. The SMILES string of the molecule is CC(C)NC(=O)c1cc2c(nc3sccn32)s1. The first-order valence-electron chi connectivity index (χ1n) is 5.31. The molecule has 0 saturated heterocycles. The number of thiophene rings is 1. The number of aromatic nitrogens is 2. The number of nitrogens with zero attached hydrogens (tertiary/aromatic N) is 2. The maximum atomic E-state index is 11.9. The van der Waals surface area contributed by atoms with Crippen LogP contribution in [0.4, 0.5) is 0 Å². The van der Waals surface area contributed by atoms with Crippen LogP contribution in [-0.4, -0.2) is 21.3 Å². The van der Waals surface area contributed by atoms with Gasteiger partial charge < -0.3 is 5.32 Å². The molecule has 88 valence electrons. The molecule has 0 aliphatic rings. The van der Waals surface area contributed by atoms with Gasteiger partial charge in [0.15, 0.2) is 4.96 Å². The Bertz CT molecular complexity index is 692. The van der Waals surface area contributed by atoms with Gasteiger partial charge in [0.05, 0.1) is 10.4 Å². The van der Waals surface area contributed by atoms with Gasteiger partial charge in [-0.25, -0.2) is 4.98 Å². The third-order valence-corrected chi connectivity index (χ3v) is 4.16. The van der Waals surface area contributed by atoms with Gasteiger partial charge in [0.2, 0.25) is 0 Å². The Morgan fingerprint density at radius 2 is 2.35 bits per heavy atom. The third kappa shape index (κ3) is 1.73. The predicted octanol–water partition coefficient (Wildman–Crippen LogP) is 2.75. The number of nitrogens with one attached hydrogen (secondary N) is 1. The van der Waals surface area contributed by atoms with Crippen molar-refractivity contribution in [2.24, 2.45) is 0 Å². The van der Waals surface area contributed by atoms with Gasteiger partial charge >= 0.3 is 0 Å². The summed E-state index contributed by atoms with van der Waals surface area (Å²) in [5.74, 6) is -0.0213. The minimum absolute atomic E-state index is 0.0213. The molecule has 3 aromatic rings. The average molecular weight is 265 g/mol. The Hall–Kier alpha value is -1.40. The Labute approximate surface area is 106 Å². The van der Waals surface area contributed by atoms with E-state index >= 15 is 0 Å². The molecule has 0 aromatic carbocycles. The van der Waals surface area contributed by atoms with E-state index < -0.39 is 0 Å². The number of carbonyl (C=O) groups excluding carboxylic acids is 1. The quantitative estimate of drug-likeness (QED) is 0.774. The summed E-state index contributed by atoms with van der Waals surface area (Å²) >= 11 is 3.04. The van der Waals surface area contributed by atoms with E-state index in [4.69, 9.17) is 0 Å². The lowest BCUT2D eigenvalue weighted by Crippen LogP contribution is -2.29. The van der Waals surface area contributed by atoms with E-state index in [1.54, 1.807) is 11.3 Å². The fourth-order valence-electron chi connectivity index (χ4n) is 1.69. The van der Waals surface area contributed by atoms with Crippen molar-refractivity contribution < 1.29 is 4.79 Å². The van der Waals surface area contributed by atoms with E-state index in [-0.39, 0.29) is 11.9 Å². The zero-order valence-corrected chi connectivity index (χ0v) is 11.1. The van der Waals surface area contributed by atoms with E-state index in [1.165, 1.54) is 11.3 Å². The van der Waals surface area contributed by atoms with Crippen LogP contribution in [-0.2, 0) is 0 Å². The van der Waals surface area contributed by atoms with Gasteiger partial charge in [0, 0.05) is 17.6 Å². The maximum Gasteiger partial charge on any atom is 0.261 e. The average Bonchev–Trinajstić information content (AvgIpc) is 2.85. The normalized spacial score (nSPS) is 11.7. The second-order valence-corrected chi connectivity index (χ2v) is 6.00. The van der Waals surface area contributed by atoms with Crippen LogP contribution >= 0.6 is 22.7 Å². The first-order valence-corrected chi connectivity index (χ1v) is 7.01. The van der Waals surface area contributed by atoms with Crippen LogP contribution in [0.3, 0.4) is 0 Å². The van der Waals surface area contributed by atoms with Crippen LogP contribution in [0.5, 0.6) is 0 Å². The lowest BCUT2D eigenvalue weighted by molar-refractivity contribution is 0.0947. The van der Waals surface area contributed by atoms with Gasteiger partial charge in [-0.2, -0.15) is 0 Å². The molecule has 0 aliphatic heterocycles. The highest BCUT2D eigenvalue weighted by Gasteiger charge is 2.15. The van der Waals surface area contributed by atoms with E-state index in [1.807, 2.05) is 35.9 Å². The smallest absolute Gasteiger partial charge is 0.261 e. The van der Waals surface area contributed by atoms with E-state index in [2.05, 4.69) is 10.3 Å². The van der Waals surface area contributed by atoms with Crippen molar-refractivity contribution in [1.29, 1.82) is 0 Å². The second-order valence-electron chi connectivity index (χ2n) is 4.10. The molecule has 4 nitrogen and oxygen atoms in total. The molecule has 3 rings (SSSR count). The molecule has 0 aliphatic carbocycles. The highest BCUT2D eigenvalue weighted by Crippen LogP contribution is 2.28. The minimum atomic E-state index is -0.0213. The van der Waals surface area contributed by atoms with Gasteiger partial charge in [0.25, 0.3) is 5.91 Å². The van der Waals surface area contributed by atoms with Crippen LogP contribution in [0.2, 0.25) is 0 Å². The second kappa shape index (κ2) is 3.82. The highest BCUT2D eigenvalue weighted by molar-refractivity contribution is 7.21.